The van der Waals surface area contributed by atoms with Crippen LogP contribution < -0.4 is 15.5 Å². The zero-order valence-electron chi connectivity index (χ0n) is 34.2. The lowest BCUT2D eigenvalue weighted by molar-refractivity contribution is 1.11. The number of anilines is 3. The molecule has 0 aliphatic rings. The quantitative estimate of drug-likeness (QED) is 0.0829. The molecule has 5 nitrogen and oxygen atoms in total. The fraction of sp³-hybridized carbons (Fsp3) is 0.113. The zero-order valence-corrected chi connectivity index (χ0v) is 34.2. The summed E-state index contributed by atoms with van der Waals surface area (Å²) in [6.45, 7) is 6.04. The number of para-hydroxylation sites is 1. The average molecular weight is 758 g/mol. The minimum atomic E-state index is 0.845. The van der Waals surface area contributed by atoms with Crippen LogP contribution in [0.3, 0.4) is 0 Å². The number of allylic oxidation sites excluding steroid dienone is 3. The summed E-state index contributed by atoms with van der Waals surface area (Å²) >= 11 is 0. The van der Waals surface area contributed by atoms with E-state index in [2.05, 4.69) is 207 Å². The molecule has 1 heterocycles. The molecule has 1 aromatic heterocycles. The number of nitrogens with one attached hydrogen (secondary N) is 2. The number of amidine groups is 1. The maximum Gasteiger partial charge on any atom is 0.127 e. The van der Waals surface area contributed by atoms with Gasteiger partial charge in [0.2, 0.25) is 0 Å². The second-order valence-corrected chi connectivity index (χ2v) is 13.6. The van der Waals surface area contributed by atoms with E-state index in [1.165, 1.54) is 38.5 Å². The van der Waals surface area contributed by atoms with Gasteiger partial charge in [0.25, 0.3) is 0 Å². The number of nitrogens with zero attached hydrogens (tertiary/aromatic N) is 3. The van der Waals surface area contributed by atoms with Crippen LogP contribution in [0.5, 0.6) is 0 Å². The highest BCUT2D eigenvalue weighted by Gasteiger charge is 2.22. The lowest BCUT2D eigenvalue weighted by atomic mass is 9.94. The molecule has 0 aliphatic heterocycles. The first kappa shape index (κ1) is 39.1. The van der Waals surface area contributed by atoms with Crippen molar-refractivity contribution in [1.29, 1.82) is 0 Å². The van der Waals surface area contributed by atoms with Gasteiger partial charge >= 0.3 is 0 Å². The van der Waals surface area contributed by atoms with Crippen molar-refractivity contribution in [2.24, 2.45) is 4.99 Å². The van der Waals surface area contributed by atoms with Gasteiger partial charge < -0.3 is 20.1 Å². The highest BCUT2D eigenvalue weighted by atomic mass is 15.1. The summed E-state index contributed by atoms with van der Waals surface area (Å²) in [5, 5.41) is 8.82. The third kappa shape index (κ3) is 7.67. The van der Waals surface area contributed by atoms with Gasteiger partial charge in [0, 0.05) is 72.0 Å². The van der Waals surface area contributed by atoms with Gasteiger partial charge in [-0.3, -0.25) is 4.99 Å². The van der Waals surface area contributed by atoms with Gasteiger partial charge in [0.1, 0.15) is 5.84 Å². The molecule has 0 fully saturated rings. The summed E-state index contributed by atoms with van der Waals surface area (Å²) in [7, 11) is 5.65. The first-order valence-electron chi connectivity index (χ1n) is 20.1. The van der Waals surface area contributed by atoms with Gasteiger partial charge in [-0.2, -0.15) is 0 Å². The van der Waals surface area contributed by atoms with Crippen LogP contribution in [0.1, 0.15) is 31.9 Å². The first-order valence-corrected chi connectivity index (χ1v) is 20.1. The third-order valence-corrected chi connectivity index (χ3v) is 10.3. The minimum Gasteiger partial charge on any atom is -0.393 e. The van der Waals surface area contributed by atoms with E-state index in [9.17, 15) is 0 Å². The summed E-state index contributed by atoms with van der Waals surface area (Å²) < 4.78 is 2.44. The minimum absolute atomic E-state index is 0.845. The van der Waals surface area contributed by atoms with Crippen LogP contribution >= 0.6 is 0 Å². The maximum atomic E-state index is 4.45. The Balaban J connectivity index is 0.00000252. The van der Waals surface area contributed by atoms with Gasteiger partial charge in [-0.1, -0.05) is 129 Å². The number of benzene rings is 7. The summed E-state index contributed by atoms with van der Waals surface area (Å²) in [6.07, 6.45) is 6.23. The number of aromatic nitrogens is 1. The molecule has 8 rings (SSSR count). The van der Waals surface area contributed by atoms with Crippen molar-refractivity contribution in [2.45, 2.75) is 20.8 Å². The second kappa shape index (κ2) is 18.2. The van der Waals surface area contributed by atoms with Crippen molar-refractivity contribution in [3.05, 3.63) is 199 Å². The third-order valence-electron chi connectivity index (χ3n) is 10.3. The molecule has 0 saturated heterocycles. The van der Waals surface area contributed by atoms with Crippen molar-refractivity contribution in [3.63, 3.8) is 0 Å². The number of fused-ring (bicyclic) bond motifs is 3. The van der Waals surface area contributed by atoms with Crippen LogP contribution in [0, 0.1) is 0 Å². The van der Waals surface area contributed by atoms with Crippen molar-refractivity contribution < 1.29 is 0 Å². The average Bonchev–Trinajstić information content (AvgIpc) is 3.63. The summed E-state index contributed by atoms with van der Waals surface area (Å²) in [6, 6.07) is 61.2. The fourth-order valence-electron chi connectivity index (χ4n) is 7.80. The monoisotopic (exact) mass is 757 g/mol. The Morgan fingerprint density at radius 3 is 1.69 bits per heavy atom. The Kier molecular flexibility index (Phi) is 12.3. The SMILES string of the molecule is C/C=C\C(=C/NC)c1ccc(N(c2ccc(C(=NC)NC)cc2)c2ccc3c(c2)c2c(-c4ccccc4)ccc(-c4ccccc4)c2n3-c2ccccc2)cc1.CC. The second-order valence-electron chi connectivity index (χ2n) is 13.6. The van der Waals surface area contributed by atoms with Gasteiger partial charge in [0.05, 0.1) is 11.0 Å². The molecule has 0 radical (unpaired) electrons. The fourth-order valence-corrected chi connectivity index (χ4v) is 7.80. The van der Waals surface area contributed by atoms with E-state index in [-0.39, 0.29) is 0 Å². The largest absolute Gasteiger partial charge is 0.393 e. The summed E-state index contributed by atoms with van der Waals surface area (Å²) in [4.78, 5) is 6.80. The van der Waals surface area contributed by atoms with E-state index < -0.39 is 0 Å². The van der Waals surface area contributed by atoms with Crippen molar-refractivity contribution in [2.75, 3.05) is 26.0 Å². The zero-order chi connectivity index (χ0) is 40.4. The molecule has 7 aromatic carbocycles. The van der Waals surface area contributed by atoms with Crippen LogP contribution in [0.25, 0.3) is 55.3 Å². The molecule has 0 atom stereocenters. The van der Waals surface area contributed by atoms with E-state index in [1.807, 2.05) is 48.1 Å². The predicted molar refractivity (Wildman–Crippen MR) is 251 cm³/mol. The van der Waals surface area contributed by atoms with Crippen LogP contribution in [0.2, 0.25) is 0 Å². The van der Waals surface area contributed by atoms with Gasteiger partial charge in [-0.15, -0.1) is 0 Å². The molecule has 8 aromatic rings. The van der Waals surface area contributed by atoms with Crippen molar-refractivity contribution in [3.8, 4) is 27.9 Å². The lowest BCUT2D eigenvalue weighted by Gasteiger charge is -2.26. The lowest BCUT2D eigenvalue weighted by Crippen LogP contribution is -2.19. The van der Waals surface area contributed by atoms with E-state index in [4.69, 9.17) is 0 Å². The molecule has 0 spiro atoms. The van der Waals surface area contributed by atoms with Crippen LogP contribution in [-0.4, -0.2) is 31.5 Å². The molecule has 0 saturated carbocycles. The Labute approximate surface area is 343 Å². The molecule has 2 N–H and O–H groups in total. The molecule has 288 valence electrons. The highest BCUT2D eigenvalue weighted by Crippen LogP contribution is 2.45. The number of hydrogen-bond acceptors (Lipinski definition) is 3. The normalized spacial score (nSPS) is 11.8. The Bertz CT molecular complexity index is 2690. The summed E-state index contributed by atoms with van der Waals surface area (Å²) in [5.41, 5.74) is 14.7. The summed E-state index contributed by atoms with van der Waals surface area (Å²) in [5.74, 6) is 0.845. The first-order chi connectivity index (χ1) is 28.6. The van der Waals surface area contributed by atoms with Crippen LogP contribution in [0.4, 0.5) is 17.1 Å². The van der Waals surface area contributed by atoms with Gasteiger partial charge in [-0.25, -0.2) is 0 Å². The molecule has 5 heteroatoms. The molecule has 0 unspecified atom stereocenters. The van der Waals surface area contributed by atoms with Crippen molar-refractivity contribution >= 4 is 50.3 Å². The molecule has 0 bridgehead atoms. The van der Waals surface area contributed by atoms with E-state index >= 15 is 0 Å². The molecule has 58 heavy (non-hydrogen) atoms. The van der Waals surface area contributed by atoms with E-state index in [0.29, 0.717) is 0 Å². The molecular formula is C53H51N5. The number of hydrogen-bond donors (Lipinski definition) is 2. The van der Waals surface area contributed by atoms with Crippen LogP contribution in [-0.2, 0) is 0 Å². The van der Waals surface area contributed by atoms with E-state index in [0.717, 1.165) is 50.8 Å². The standard InChI is InChI=1S/C51H45N5.C2H6/c1-5-15-40(35-52-2)36-22-26-42(27-23-36)55(43-28-24-39(25-29-43)51(53-3)54-4)44-30-33-48-47(34-44)49-45(37-16-9-6-10-17-37)31-32-46(38-18-11-7-12-19-38)50(49)56(48)41-20-13-8-14-21-41;1-2/h5-35,52H,1-4H3,(H,53,54);1-2H3/b15-5-,40-35+;. The van der Waals surface area contributed by atoms with Crippen LogP contribution in [0.15, 0.2) is 193 Å². The molecule has 0 aliphatic carbocycles. The highest BCUT2D eigenvalue weighted by molar-refractivity contribution is 6.20. The Morgan fingerprint density at radius 2 is 1.14 bits per heavy atom. The van der Waals surface area contributed by atoms with Gasteiger partial charge in [-0.05, 0) is 101 Å². The van der Waals surface area contributed by atoms with E-state index in [1.54, 1.807) is 0 Å². The Hall–Kier alpha value is -7.11. The molecular weight excluding hydrogens is 707 g/mol. The molecule has 0 amide bonds. The Morgan fingerprint density at radius 1 is 0.603 bits per heavy atom. The topological polar surface area (TPSA) is 44.6 Å². The van der Waals surface area contributed by atoms with Crippen molar-refractivity contribution in [1.82, 2.24) is 15.2 Å². The predicted octanol–water partition coefficient (Wildman–Crippen LogP) is 13.3. The number of aliphatic imine (C=N–C) groups is 1. The smallest absolute Gasteiger partial charge is 0.127 e. The maximum absolute atomic E-state index is 4.45. The number of rotatable bonds is 10. The van der Waals surface area contributed by atoms with Gasteiger partial charge in [0.15, 0.2) is 0 Å².